The van der Waals surface area contributed by atoms with E-state index in [0.29, 0.717) is 5.92 Å². The van der Waals surface area contributed by atoms with Gasteiger partial charge in [-0.25, -0.2) is 9.18 Å². The molecule has 1 rings (SSSR count). The van der Waals surface area contributed by atoms with E-state index in [1.54, 1.807) is 6.07 Å². The second kappa shape index (κ2) is 6.99. The number of hydrogen-bond donors (Lipinski definition) is 1. The molecule has 0 atom stereocenters. The van der Waals surface area contributed by atoms with Crippen LogP contribution in [0.25, 0.3) is 0 Å². The molecule has 0 aliphatic carbocycles. The SMILES string of the molecule is CCC(CC)CNc1ccc(F)c(C(=O)OC)c1. The lowest BCUT2D eigenvalue weighted by molar-refractivity contribution is 0.0595. The molecule has 0 amide bonds. The van der Waals surface area contributed by atoms with Gasteiger partial charge in [0.2, 0.25) is 0 Å². The van der Waals surface area contributed by atoms with Gasteiger partial charge in [0, 0.05) is 12.2 Å². The first-order valence-electron chi connectivity index (χ1n) is 6.24. The molecular weight excluding hydrogens is 233 g/mol. The molecule has 1 aromatic carbocycles. The summed E-state index contributed by atoms with van der Waals surface area (Å²) in [5.41, 5.74) is 0.704. The molecule has 0 spiro atoms. The van der Waals surface area contributed by atoms with Crippen LogP contribution < -0.4 is 5.32 Å². The van der Waals surface area contributed by atoms with Gasteiger partial charge in [-0.05, 0) is 24.1 Å². The predicted molar refractivity (Wildman–Crippen MR) is 70.3 cm³/mol. The van der Waals surface area contributed by atoms with Gasteiger partial charge in [-0.15, -0.1) is 0 Å². The molecule has 3 nitrogen and oxygen atoms in total. The summed E-state index contributed by atoms with van der Waals surface area (Å²) in [6.45, 7) is 5.10. The third-order valence-electron chi connectivity index (χ3n) is 3.12. The van der Waals surface area contributed by atoms with Crippen molar-refractivity contribution in [2.45, 2.75) is 26.7 Å². The lowest BCUT2D eigenvalue weighted by atomic mass is 10.0. The Hall–Kier alpha value is -1.58. The van der Waals surface area contributed by atoms with Crippen molar-refractivity contribution < 1.29 is 13.9 Å². The molecule has 18 heavy (non-hydrogen) atoms. The summed E-state index contributed by atoms with van der Waals surface area (Å²) < 4.78 is 17.9. The highest BCUT2D eigenvalue weighted by Gasteiger charge is 2.13. The summed E-state index contributed by atoms with van der Waals surface area (Å²) in [5, 5.41) is 3.22. The van der Waals surface area contributed by atoms with Crippen LogP contribution in [0.1, 0.15) is 37.0 Å². The number of esters is 1. The van der Waals surface area contributed by atoms with Gasteiger partial charge in [0.1, 0.15) is 5.82 Å². The van der Waals surface area contributed by atoms with Gasteiger partial charge in [-0.3, -0.25) is 0 Å². The minimum atomic E-state index is -0.654. The van der Waals surface area contributed by atoms with E-state index in [0.717, 1.165) is 25.1 Å². The summed E-state index contributed by atoms with van der Waals surface area (Å²) in [4.78, 5) is 11.3. The van der Waals surface area contributed by atoms with Crippen LogP contribution in [-0.4, -0.2) is 19.6 Å². The van der Waals surface area contributed by atoms with Crippen molar-refractivity contribution in [3.8, 4) is 0 Å². The Balaban J connectivity index is 2.76. The monoisotopic (exact) mass is 253 g/mol. The molecule has 0 aromatic heterocycles. The number of ether oxygens (including phenoxy) is 1. The van der Waals surface area contributed by atoms with Crippen molar-refractivity contribution in [3.63, 3.8) is 0 Å². The molecule has 0 fully saturated rings. The molecule has 0 bridgehead atoms. The molecule has 0 aliphatic rings. The first kappa shape index (κ1) is 14.5. The molecule has 0 saturated heterocycles. The molecular formula is C14H20FNO2. The molecule has 0 aliphatic heterocycles. The number of anilines is 1. The van der Waals surface area contributed by atoms with E-state index >= 15 is 0 Å². The zero-order valence-electron chi connectivity index (χ0n) is 11.1. The van der Waals surface area contributed by atoms with Crippen molar-refractivity contribution in [1.82, 2.24) is 0 Å². The highest BCUT2D eigenvalue weighted by molar-refractivity contribution is 5.90. The quantitative estimate of drug-likeness (QED) is 0.789. The molecule has 1 aromatic rings. The fourth-order valence-corrected chi connectivity index (χ4v) is 1.74. The van der Waals surface area contributed by atoms with Gasteiger partial charge in [-0.2, -0.15) is 0 Å². The third kappa shape index (κ3) is 3.72. The molecule has 4 heteroatoms. The Morgan fingerprint density at radius 1 is 1.39 bits per heavy atom. The number of benzene rings is 1. The third-order valence-corrected chi connectivity index (χ3v) is 3.12. The van der Waals surface area contributed by atoms with Crippen LogP contribution in [0.3, 0.4) is 0 Å². The van der Waals surface area contributed by atoms with E-state index in [2.05, 4.69) is 23.9 Å². The molecule has 0 saturated carbocycles. The topological polar surface area (TPSA) is 38.3 Å². The Morgan fingerprint density at radius 3 is 2.61 bits per heavy atom. The highest BCUT2D eigenvalue weighted by atomic mass is 19.1. The summed E-state index contributed by atoms with van der Waals surface area (Å²) in [5.74, 6) is -0.634. The normalized spacial score (nSPS) is 10.5. The second-order valence-electron chi connectivity index (χ2n) is 4.25. The van der Waals surface area contributed by atoms with Gasteiger partial charge in [0.15, 0.2) is 0 Å². The van der Waals surface area contributed by atoms with E-state index in [9.17, 15) is 9.18 Å². The van der Waals surface area contributed by atoms with Gasteiger partial charge >= 0.3 is 5.97 Å². The number of halogens is 1. The van der Waals surface area contributed by atoms with Crippen LogP contribution in [0.5, 0.6) is 0 Å². The van der Waals surface area contributed by atoms with Gasteiger partial charge < -0.3 is 10.1 Å². The predicted octanol–water partition coefficient (Wildman–Crippen LogP) is 3.46. The van der Waals surface area contributed by atoms with Crippen LogP contribution in [-0.2, 0) is 4.74 Å². The average Bonchev–Trinajstić information content (AvgIpc) is 2.40. The smallest absolute Gasteiger partial charge is 0.340 e. The first-order valence-corrected chi connectivity index (χ1v) is 6.24. The van der Waals surface area contributed by atoms with E-state index in [1.165, 1.54) is 19.2 Å². The van der Waals surface area contributed by atoms with Crippen LogP contribution >= 0.6 is 0 Å². The average molecular weight is 253 g/mol. The Bertz CT molecular complexity index is 403. The van der Waals surface area contributed by atoms with Crippen molar-refractivity contribution in [3.05, 3.63) is 29.6 Å². The maximum Gasteiger partial charge on any atom is 0.340 e. The lowest BCUT2D eigenvalue weighted by Crippen LogP contribution is -2.13. The van der Waals surface area contributed by atoms with Gasteiger partial charge in [-0.1, -0.05) is 26.7 Å². The summed E-state index contributed by atoms with van der Waals surface area (Å²) >= 11 is 0. The van der Waals surface area contributed by atoms with Crippen LogP contribution in [0.4, 0.5) is 10.1 Å². The highest BCUT2D eigenvalue weighted by Crippen LogP contribution is 2.17. The molecule has 1 N–H and O–H groups in total. The zero-order valence-corrected chi connectivity index (χ0v) is 11.1. The standard InChI is InChI=1S/C14H20FNO2/c1-4-10(5-2)9-16-11-6-7-13(15)12(8-11)14(17)18-3/h6-8,10,16H,4-5,9H2,1-3H3. The lowest BCUT2D eigenvalue weighted by Gasteiger charge is -2.14. The van der Waals surface area contributed by atoms with Crippen LogP contribution in [0.2, 0.25) is 0 Å². The molecule has 100 valence electrons. The fourth-order valence-electron chi connectivity index (χ4n) is 1.74. The van der Waals surface area contributed by atoms with Crippen molar-refractivity contribution in [2.75, 3.05) is 19.0 Å². The maximum absolute atomic E-state index is 13.4. The van der Waals surface area contributed by atoms with Crippen molar-refractivity contribution in [1.29, 1.82) is 0 Å². The second-order valence-corrected chi connectivity index (χ2v) is 4.25. The fraction of sp³-hybridized carbons (Fsp3) is 0.500. The summed E-state index contributed by atoms with van der Waals surface area (Å²) in [6.07, 6.45) is 2.18. The first-order chi connectivity index (χ1) is 8.62. The zero-order chi connectivity index (χ0) is 13.5. The van der Waals surface area contributed by atoms with Gasteiger partial charge in [0.25, 0.3) is 0 Å². The minimum Gasteiger partial charge on any atom is -0.465 e. The summed E-state index contributed by atoms with van der Waals surface area (Å²) in [6, 6.07) is 4.40. The minimum absolute atomic E-state index is 0.0351. The van der Waals surface area contributed by atoms with Crippen LogP contribution in [0, 0.1) is 11.7 Å². The molecule has 0 heterocycles. The number of hydrogen-bond acceptors (Lipinski definition) is 3. The number of rotatable bonds is 6. The Labute approximate surface area is 107 Å². The largest absolute Gasteiger partial charge is 0.465 e. The number of carbonyl (C=O) groups excluding carboxylic acids is 1. The Kier molecular flexibility index (Phi) is 5.62. The number of nitrogens with one attached hydrogen (secondary N) is 1. The van der Waals surface area contributed by atoms with E-state index in [-0.39, 0.29) is 5.56 Å². The Morgan fingerprint density at radius 2 is 2.06 bits per heavy atom. The van der Waals surface area contributed by atoms with Crippen molar-refractivity contribution in [2.24, 2.45) is 5.92 Å². The number of carbonyl (C=O) groups is 1. The summed E-state index contributed by atoms with van der Waals surface area (Å²) in [7, 11) is 1.24. The maximum atomic E-state index is 13.4. The van der Waals surface area contributed by atoms with Gasteiger partial charge in [0.05, 0.1) is 12.7 Å². The van der Waals surface area contributed by atoms with E-state index < -0.39 is 11.8 Å². The van der Waals surface area contributed by atoms with E-state index in [1.807, 2.05) is 0 Å². The number of methoxy groups -OCH3 is 1. The molecule has 0 radical (unpaired) electrons. The van der Waals surface area contributed by atoms with E-state index in [4.69, 9.17) is 0 Å². The van der Waals surface area contributed by atoms with Crippen LogP contribution in [0.15, 0.2) is 18.2 Å². The molecule has 0 unspecified atom stereocenters. The van der Waals surface area contributed by atoms with Crippen molar-refractivity contribution >= 4 is 11.7 Å².